The predicted octanol–water partition coefficient (Wildman–Crippen LogP) is 4.72. The van der Waals surface area contributed by atoms with Crippen molar-refractivity contribution in [3.05, 3.63) is 94.5 Å². The number of fused-ring (bicyclic) bond motifs is 1. The van der Waals surface area contributed by atoms with Crippen molar-refractivity contribution in [2.45, 2.75) is 26.4 Å². The van der Waals surface area contributed by atoms with Crippen molar-refractivity contribution in [2.24, 2.45) is 0 Å². The van der Waals surface area contributed by atoms with Gasteiger partial charge in [-0.3, -0.25) is 19.3 Å². The monoisotopic (exact) mass is 472 g/mol. The molecule has 0 N–H and O–H groups in total. The molecule has 1 aliphatic heterocycles. The van der Waals surface area contributed by atoms with Gasteiger partial charge in [0.1, 0.15) is 11.5 Å². The second-order valence-electron chi connectivity index (χ2n) is 8.32. The molecule has 0 fully saturated rings. The largest absolute Gasteiger partial charge is 0.497 e. The molecule has 3 aromatic carbocycles. The highest BCUT2D eigenvalue weighted by Gasteiger charge is 2.35. The summed E-state index contributed by atoms with van der Waals surface area (Å²) in [5.74, 6) is 0.270. The Morgan fingerprint density at radius 3 is 2.20 bits per heavy atom. The van der Waals surface area contributed by atoms with E-state index in [4.69, 9.17) is 9.47 Å². The van der Waals surface area contributed by atoms with E-state index in [1.54, 1.807) is 54.5 Å². The van der Waals surface area contributed by atoms with Crippen LogP contribution in [0.2, 0.25) is 0 Å². The zero-order chi connectivity index (χ0) is 25.1. The summed E-state index contributed by atoms with van der Waals surface area (Å²) in [5, 5.41) is 0. The van der Waals surface area contributed by atoms with Crippen LogP contribution < -0.4 is 9.47 Å². The van der Waals surface area contributed by atoms with Gasteiger partial charge in [0, 0.05) is 6.54 Å². The normalized spacial score (nSPS) is 13.4. The van der Waals surface area contributed by atoms with Gasteiger partial charge in [-0.05, 0) is 61.4 Å². The summed E-state index contributed by atoms with van der Waals surface area (Å²) in [4.78, 5) is 42.2. The SMILES string of the molecule is CCN(C(=O)c1cc(CN2C(=O)c3ccccc3C2=O)ccc1OC)C(C)c1cccc(OC)c1. The summed E-state index contributed by atoms with van der Waals surface area (Å²) < 4.78 is 10.8. The van der Waals surface area contributed by atoms with E-state index in [9.17, 15) is 14.4 Å². The van der Waals surface area contributed by atoms with Crippen LogP contribution in [0.25, 0.3) is 0 Å². The minimum absolute atomic E-state index is 0.0637. The molecule has 35 heavy (non-hydrogen) atoms. The van der Waals surface area contributed by atoms with Crippen molar-refractivity contribution in [1.29, 1.82) is 0 Å². The lowest BCUT2D eigenvalue weighted by molar-refractivity contribution is 0.0641. The Morgan fingerprint density at radius 2 is 1.60 bits per heavy atom. The van der Waals surface area contributed by atoms with Crippen molar-refractivity contribution in [2.75, 3.05) is 20.8 Å². The first-order valence-electron chi connectivity index (χ1n) is 11.5. The molecule has 0 saturated carbocycles. The summed E-state index contributed by atoms with van der Waals surface area (Å²) in [6.07, 6.45) is 0. The molecule has 180 valence electrons. The standard InChI is InChI=1S/C28H28N2O5/c1-5-29(18(2)20-9-8-10-21(16-20)34-3)28(33)24-15-19(13-14-25(24)35-4)17-30-26(31)22-11-6-7-12-23(22)27(30)32/h6-16,18H,5,17H2,1-4H3. The van der Waals surface area contributed by atoms with Gasteiger partial charge < -0.3 is 14.4 Å². The zero-order valence-corrected chi connectivity index (χ0v) is 20.3. The second-order valence-corrected chi connectivity index (χ2v) is 8.32. The third kappa shape index (κ3) is 4.49. The lowest BCUT2D eigenvalue weighted by Crippen LogP contribution is -2.34. The molecule has 0 saturated heterocycles. The Hall–Kier alpha value is -4.13. The van der Waals surface area contributed by atoms with Crippen molar-refractivity contribution >= 4 is 17.7 Å². The quantitative estimate of drug-likeness (QED) is 0.443. The smallest absolute Gasteiger partial charge is 0.261 e. The van der Waals surface area contributed by atoms with Crippen LogP contribution in [0.4, 0.5) is 0 Å². The molecule has 1 aliphatic rings. The van der Waals surface area contributed by atoms with Gasteiger partial charge in [-0.15, -0.1) is 0 Å². The predicted molar refractivity (Wildman–Crippen MR) is 132 cm³/mol. The zero-order valence-electron chi connectivity index (χ0n) is 20.3. The highest BCUT2D eigenvalue weighted by molar-refractivity contribution is 6.21. The molecule has 1 atom stereocenters. The van der Waals surface area contributed by atoms with Crippen LogP contribution in [0, 0.1) is 0 Å². The van der Waals surface area contributed by atoms with E-state index in [-0.39, 0.29) is 30.3 Å². The molecule has 7 nitrogen and oxygen atoms in total. The lowest BCUT2D eigenvalue weighted by Gasteiger charge is -2.29. The molecule has 4 rings (SSSR count). The highest BCUT2D eigenvalue weighted by Crippen LogP contribution is 2.30. The number of hydrogen-bond acceptors (Lipinski definition) is 5. The highest BCUT2D eigenvalue weighted by atomic mass is 16.5. The van der Waals surface area contributed by atoms with Crippen LogP contribution in [0.5, 0.6) is 11.5 Å². The van der Waals surface area contributed by atoms with E-state index in [0.717, 1.165) is 11.3 Å². The number of methoxy groups -OCH3 is 2. The lowest BCUT2D eigenvalue weighted by atomic mass is 10.0. The first-order chi connectivity index (χ1) is 16.9. The molecule has 0 radical (unpaired) electrons. The van der Waals surface area contributed by atoms with Gasteiger partial charge in [0.25, 0.3) is 17.7 Å². The van der Waals surface area contributed by atoms with E-state index >= 15 is 0 Å². The Labute approximate surface area is 204 Å². The van der Waals surface area contributed by atoms with Crippen LogP contribution in [0.15, 0.2) is 66.7 Å². The number of carbonyl (C=O) groups excluding carboxylic acids is 3. The number of nitrogens with zero attached hydrogens (tertiary/aromatic N) is 2. The number of hydrogen-bond donors (Lipinski definition) is 0. The van der Waals surface area contributed by atoms with Gasteiger partial charge in [-0.2, -0.15) is 0 Å². The van der Waals surface area contributed by atoms with Gasteiger partial charge in [0.2, 0.25) is 0 Å². The summed E-state index contributed by atoms with van der Waals surface area (Å²) in [6, 6.07) is 19.3. The van der Waals surface area contributed by atoms with E-state index in [1.165, 1.54) is 12.0 Å². The van der Waals surface area contributed by atoms with Gasteiger partial charge >= 0.3 is 0 Å². The van der Waals surface area contributed by atoms with Crippen LogP contribution in [0.1, 0.15) is 62.1 Å². The van der Waals surface area contributed by atoms with Crippen molar-refractivity contribution < 1.29 is 23.9 Å². The number of benzene rings is 3. The average molecular weight is 473 g/mol. The minimum Gasteiger partial charge on any atom is -0.497 e. The molecule has 3 aromatic rings. The van der Waals surface area contributed by atoms with E-state index in [2.05, 4.69) is 0 Å². The van der Waals surface area contributed by atoms with Gasteiger partial charge in [-0.1, -0.05) is 30.3 Å². The van der Waals surface area contributed by atoms with E-state index < -0.39 is 0 Å². The molecule has 1 heterocycles. The fourth-order valence-corrected chi connectivity index (χ4v) is 4.42. The van der Waals surface area contributed by atoms with Gasteiger partial charge in [0.05, 0.1) is 43.5 Å². The van der Waals surface area contributed by atoms with Crippen LogP contribution in [0.3, 0.4) is 0 Å². The maximum atomic E-state index is 13.7. The van der Waals surface area contributed by atoms with E-state index in [1.807, 2.05) is 38.1 Å². The van der Waals surface area contributed by atoms with E-state index in [0.29, 0.717) is 34.5 Å². The molecule has 0 spiro atoms. The summed E-state index contributed by atoms with van der Waals surface area (Å²) in [7, 11) is 3.12. The summed E-state index contributed by atoms with van der Waals surface area (Å²) in [5.41, 5.74) is 2.77. The number of imide groups is 1. The summed E-state index contributed by atoms with van der Waals surface area (Å²) >= 11 is 0. The molecular formula is C28H28N2O5. The molecule has 1 unspecified atom stereocenters. The first-order valence-corrected chi connectivity index (χ1v) is 11.5. The number of amides is 3. The molecule has 0 bridgehead atoms. The Balaban J connectivity index is 1.62. The fourth-order valence-electron chi connectivity index (χ4n) is 4.42. The maximum absolute atomic E-state index is 13.7. The molecule has 0 aliphatic carbocycles. The third-order valence-electron chi connectivity index (χ3n) is 6.36. The van der Waals surface area contributed by atoms with Crippen LogP contribution >= 0.6 is 0 Å². The topological polar surface area (TPSA) is 76.2 Å². The fraction of sp³-hybridized carbons (Fsp3) is 0.250. The van der Waals surface area contributed by atoms with Gasteiger partial charge in [0.15, 0.2) is 0 Å². The summed E-state index contributed by atoms with van der Waals surface area (Å²) in [6.45, 7) is 4.42. The van der Waals surface area contributed by atoms with Gasteiger partial charge in [-0.25, -0.2) is 0 Å². The average Bonchev–Trinajstić information content (AvgIpc) is 3.13. The first kappa shape index (κ1) is 24.0. The minimum atomic E-state index is -0.337. The number of rotatable bonds is 8. The molecular weight excluding hydrogens is 444 g/mol. The van der Waals surface area contributed by atoms with Crippen molar-refractivity contribution in [1.82, 2.24) is 9.80 Å². The van der Waals surface area contributed by atoms with Crippen LogP contribution in [-0.4, -0.2) is 48.3 Å². The maximum Gasteiger partial charge on any atom is 0.261 e. The molecule has 7 heteroatoms. The Morgan fingerprint density at radius 1 is 0.914 bits per heavy atom. The Kier molecular flexibility index (Phi) is 6.87. The molecule has 3 amide bonds. The van der Waals surface area contributed by atoms with Crippen molar-refractivity contribution in [3.63, 3.8) is 0 Å². The Bertz CT molecular complexity index is 1250. The van der Waals surface area contributed by atoms with Crippen LogP contribution in [-0.2, 0) is 6.54 Å². The molecule has 0 aromatic heterocycles. The number of carbonyl (C=O) groups is 3. The second kappa shape index (κ2) is 10.0. The number of ether oxygens (including phenoxy) is 2. The third-order valence-corrected chi connectivity index (χ3v) is 6.36. The van der Waals surface area contributed by atoms with Crippen molar-refractivity contribution in [3.8, 4) is 11.5 Å².